The number of benzene rings is 1. The summed E-state index contributed by atoms with van der Waals surface area (Å²) in [6.07, 6.45) is -1.59. The third-order valence-corrected chi connectivity index (χ3v) is 2.58. The van der Waals surface area contributed by atoms with Gasteiger partial charge in [0.15, 0.2) is 6.10 Å². The number of nitrogens with two attached hydrogens (primary N) is 1. The molecule has 0 amide bonds. The van der Waals surface area contributed by atoms with Crippen molar-refractivity contribution < 1.29 is 15.0 Å². The van der Waals surface area contributed by atoms with Crippen molar-refractivity contribution in [1.29, 1.82) is 0 Å². The van der Waals surface area contributed by atoms with Crippen LogP contribution < -0.4 is 5.73 Å². The van der Waals surface area contributed by atoms with E-state index in [1.165, 1.54) is 0 Å². The lowest BCUT2D eigenvalue weighted by atomic mass is 10.0. The molecule has 76 valence electrons. The predicted molar refractivity (Wildman–Crippen MR) is 54.7 cm³/mol. The van der Waals surface area contributed by atoms with Gasteiger partial charge in [-0.25, -0.2) is 4.79 Å². The second kappa shape index (κ2) is 4.54. The lowest BCUT2D eigenvalue weighted by Crippen LogP contribution is -2.33. The van der Waals surface area contributed by atoms with Crippen LogP contribution in [0.1, 0.15) is 11.6 Å². The van der Waals surface area contributed by atoms with Crippen LogP contribution in [-0.4, -0.2) is 22.3 Å². The highest BCUT2D eigenvalue weighted by atomic mass is 79.9. The second-order valence-electron chi connectivity index (χ2n) is 2.83. The molecule has 4 nitrogen and oxygen atoms in total. The fourth-order valence-corrected chi connectivity index (χ4v) is 1.62. The Morgan fingerprint density at radius 2 is 2.00 bits per heavy atom. The molecule has 14 heavy (non-hydrogen) atoms. The van der Waals surface area contributed by atoms with E-state index < -0.39 is 18.1 Å². The van der Waals surface area contributed by atoms with E-state index in [4.69, 9.17) is 10.8 Å². The Balaban J connectivity index is 2.94. The van der Waals surface area contributed by atoms with Gasteiger partial charge in [0.1, 0.15) is 0 Å². The van der Waals surface area contributed by atoms with Gasteiger partial charge in [0.25, 0.3) is 0 Å². The molecule has 0 spiro atoms. The van der Waals surface area contributed by atoms with E-state index in [2.05, 4.69) is 15.9 Å². The van der Waals surface area contributed by atoms with Crippen molar-refractivity contribution in [2.45, 2.75) is 12.1 Å². The smallest absolute Gasteiger partial charge is 0.334 e. The van der Waals surface area contributed by atoms with Crippen molar-refractivity contribution in [3.05, 3.63) is 34.3 Å². The first-order valence-electron chi connectivity index (χ1n) is 3.95. The summed E-state index contributed by atoms with van der Waals surface area (Å²) in [6.45, 7) is 0. The van der Waals surface area contributed by atoms with Crippen molar-refractivity contribution in [1.82, 2.24) is 0 Å². The van der Waals surface area contributed by atoms with Crippen LogP contribution in [0.15, 0.2) is 28.7 Å². The van der Waals surface area contributed by atoms with Gasteiger partial charge in [-0.05, 0) is 11.6 Å². The molecule has 0 unspecified atom stereocenters. The molecule has 0 saturated carbocycles. The van der Waals surface area contributed by atoms with Crippen molar-refractivity contribution in [2.75, 3.05) is 0 Å². The topological polar surface area (TPSA) is 83.5 Å². The normalized spacial score (nSPS) is 14.8. The number of hydrogen-bond acceptors (Lipinski definition) is 3. The minimum atomic E-state index is -1.59. The summed E-state index contributed by atoms with van der Waals surface area (Å²) in [4.78, 5) is 10.5. The molecular formula is C9H10BrNO3. The van der Waals surface area contributed by atoms with Gasteiger partial charge in [0, 0.05) is 4.47 Å². The maximum atomic E-state index is 10.5. The Kier molecular flexibility index (Phi) is 3.62. The van der Waals surface area contributed by atoms with E-state index in [0.717, 1.165) is 0 Å². The fourth-order valence-electron chi connectivity index (χ4n) is 1.07. The molecule has 0 aliphatic rings. The van der Waals surface area contributed by atoms with Crippen molar-refractivity contribution in [2.24, 2.45) is 5.73 Å². The van der Waals surface area contributed by atoms with Gasteiger partial charge in [0.2, 0.25) is 0 Å². The highest BCUT2D eigenvalue weighted by Gasteiger charge is 2.24. The molecule has 0 heterocycles. The van der Waals surface area contributed by atoms with Crippen LogP contribution in [-0.2, 0) is 4.79 Å². The first-order chi connectivity index (χ1) is 6.54. The first-order valence-corrected chi connectivity index (χ1v) is 4.74. The molecule has 0 aromatic heterocycles. The maximum Gasteiger partial charge on any atom is 0.334 e. The van der Waals surface area contributed by atoms with Crippen LogP contribution in [0.5, 0.6) is 0 Å². The molecule has 0 saturated heterocycles. The molecule has 2 atom stereocenters. The molecule has 1 rings (SSSR count). The first kappa shape index (κ1) is 11.2. The Hall–Kier alpha value is -0.910. The molecule has 5 heteroatoms. The summed E-state index contributed by atoms with van der Waals surface area (Å²) >= 11 is 3.23. The summed E-state index contributed by atoms with van der Waals surface area (Å²) in [6, 6.07) is 6.00. The summed E-state index contributed by atoms with van der Waals surface area (Å²) in [5.41, 5.74) is 6.15. The average molecular weight is 260 g/mol. The summed E-state index contributed by atoms with van der Waals surface area (Å²) < 4.78 is 0.688. The number of aliphatic hydroxyl groups excluding tert-OH is 1. The van der Waals surface area contributed by atoms with Crippen molar-refractivity contribution >= 4 is 21.9 Å². The molecule has 0 aliphatic carbocycles. The maximum absolute atomic E-state index is 10.5. The molecule has 0 aliphatic heterocycles. The van der Waals surface area contributed by atoms with E-state index >= 15 is 0 Å². The van der Waals surface area contributed by atoms with E-state index in [9.17, 15) is 9.90 Å². The van der Waals surface area contributed by atoms with Crippen LogP contribution in [0.4, 0.5) is 0 Å². The molecule has 1 aromatic rings. The Labute approximate surface area is 89.5 Å². The molecule has 4 N–H and O–H groups in total. The lowest BCUT2D eigenvalue weighted by Gasteiger charge is -2.16. The Morgan fingerprint density at radius 3 is 2.50 bits per heavy atom. The lowest BCUT2D eigenvalue weighted by molar-refractivity contribution is -0.147. The monoisotopic (exact) mass is 259 g/mol. The minimum Gasteiger partial charge on any atom is -0.479 e. The summed E-state index contributed by atoms with van der Waals surface area (Å²) in [5.74, 6) is -1.33. The largest absolute Gasteiger partial charge is 0.479 e. The number of carboxylic acid groups (broad SMARTS) is 1. The standard InChI is InChI=1S/C9H10BrNO3/c10-6-4-2-1-3-5(6)7(11)8(12)9(13)14/h1-4,7-8,12H,11H2,(H,13,14)/t7-,8-/m0/s1. The zero-order valence-electron chi connectivity index (χ0n) is 7.22. The summed E-state index contributed by atoms with van der Waals surface area (Å²) in [5, 5.41) is 17.8. The van der Waals surface area contributed by atoms with Crippen molar-refractivity contribution in [3.8, 4) is 0 Å². The molecule has 1 aromatic carbocycles. The third-order valence-electron chi connectivity index (χ3n) is 1.86. The second-order valence-corrected chi connectivity index (χ2v) is 3.68. The predicted octanol–water partition coefficient (Wildman–Crippen LogP) is 0.894. The Bertz CT molecular complexity index is 343. The van der Waals surface area contributed by atoms with E-state index in [0.29, 0.717) is 10.0 Å². The van der Waals surface area contributed by atoms with Gasteiger partial charge in [0.05, 0.1) is 6.04 Å². The van der Waals surface area contributed by atoms with Gasteiger partial charge >= 0.3 is 5.97 Å². The SMILES string of the molecule is N[C@@H](c1ccccc1Br)[C@H](O)C(=O)O. The van der Waals surface area contributed by atoms with Crippen LogP contribution >= 0.6 is 15.9 Å². The van der Waals surface area contributed by atoms with Crippen LogP contribution in [0, 0.1) is 0 Å². The number of carboxylic acids is 1. The number of aliphatic hydroxyl groups is 1. The zero-order valence-corrected chi connectivity index (χ0v) is 8.81. The number of rotatable bonds is 3. The molecule has 0 bridgehead atoms. The molecule has 0 fully saturated rings. The van der Waals surface area contributed by atoms with Crippen LogP contribution in [0.3, 0.4) is 0 Å². The number of carbonyl (C=O) groups is 1. The zero-order chi connectivity index (χ0) is 10.7. The van der Waals surface area contributed by atoms with Crippen LogP contribution in [0.2, 0.25) is 0 Å². The minimum absolute atomic E-state index is 0.572. The highest BCUT2D eigenvalue weighted by molar-refractivity contribution is 9.10. The van der Waals surface area contributed by atoms with Gasteiger partial charge in [-0.15, -0.1) is 0 Å². The van der Waals surface area contributed by atoms with E-state index in [1.54, 1.807) is 24.3 Å². The average Bonchev–Trinajstić information content (AvgIpc) is 2.16. The number of halogens is 1. The highest BCUT2D eigenvalue weighted by Crippen LogP contribution is 2.23. The third kappa shape index (κ3) is 2.31. The van der Waals surface area contributed by atoms with Gasteiger partial charge in [-0.2, -0.15) is 0 Å². The quantitative estimate of drug-likeness (QED) is 0.753. The molecule has 0 radical (unpaired) electrons. The molecular weight excluding hydrogens is 250 g/mol. The summed E-state index contributed by atoms with van der Waals surface area (Å²) in [7, 11) is 0. The fraction of sp³-hybridized carbons (Fsp3) is 0.222. The van der Waals surface area contributed by atoms with Gasteiger partial charge in [-0.1, -0.05) is 34.1 Å². The van der Waals surface area contributed by atoms with E-state index in [-0.39, 0.29) is 0 Å². The Morgan fingerprint density at radius 1 is 1.43 bits per heavy atom. The van der Waals surface area contributed by atoms with Gasteiger partial charge < -0.3 is 15.9 Å². The number of hydrogen-bond donors (Lipinski definition) is 3. The van der Waals surface area contributed by atoms with Gasteiger partial charge in [-0.3, -0.25) is 0 Å². The van der Waals surface area contributed by atoms with Crippen molar-refractivity contribution in [3.63, 3.8) is 0 Å². The van der Waals surface area contributed by atoms with Crippen LogP contribution in [0.25, 0.3) is 0 Å². The van der Waals surface area contributed by atoms with E-state index in [1.807, 2.05) is 0 Å². The number of aliphatic carboxylic acids is 1.